The summed E-state index contributed by atoms with van der Waals surface area (Å²) in [4.78, 5) is 16.1. The van der Waals surface area contributed by atoms with Gasteiger partial charge in [-0.05, 0) is 26.0 Å². The summed E-state index contributed by atoms with van der Waals surface area (Å²) in [5.41, 5.74) is 1.96. The molecule has 0 radical (unpaired) electrons. The summed E-state index contributed by atoms with van der Waals surface area (Å²) in [7, 11) is 1.70. The van der Waals surface area contributed by atoms with Gasteiger partial charge in [-0.3, -0.25) is 4.79 Å². The van der Waals surface area contributed by atoms with E-state index in [9.17, 15) is 4.79 Å². The van der Waals surface area contributed by atoms with Crippen LogP contribution in [0.1, 0.15) is 25.0 Å². The van der Waals surface area contributed by atoms with Crippen molar-refractivity contribution in [3.05, 3.63) is 46.0 Å². The molecule has 1 aromatic heterocycles. The molecule has 0 saturated heterocycles. The van der Waals surface area contributed by atoms with Crippen LogP contribution >= 0.6 is 0 Å². The van der Waals surface area contributed by atoms with E-state index >= 15 is 0 Å². The largest absolute Gasteiger partial charge is 0.494 e. The Morgan fingerprint density at radius 3 is 3.09 bits per heavy atom. The van der Waals surface area contributed by atoms with Crippen LogP contribution < -0.4 is 20.3 Å². The van der Waals surface area contributed by atoms with Crippen molar-refractivity contribution in [2.75, 3.05) is 11.9 Å². The molecule has 2 heterocycles. The molecule has 1 atom stereocenters. The first kappa shape index (κ1) is 15.4. The molecule has 0 aliphatic carbocycles. The van der Waals surface area contributed by atoms with E-state index in [4.69, 9.17) is 9.47 Å². The molecule has 122 valence electrons. The van der Waals surface area contributed by atoms with E-state index in [1.54, 1.807) is 19.4 Å². The Labute approximate surface area is 135 Å². The van der Waals surface area contributed by atoms with Crippen molar-refractivity contribution in [2.24, 2.45) is 7.05 Å². The number of anilines is 1. The van der Waals surface area contributed by atoms with Crippen LogP contribution in [-0.2, 0) is 20.0 Å². The van der Waals surface area contributed by atoms with Gasteiger partial charge < -0.3 is 19.4 Å². The summed E-state index contributed by atoms with van der Waals surface area (Å²) < 4.78 is 13.0. The first-order chi connectivity index (χ1) is 11.1. The highest BCUT2D eigenvalue weighted by Crippen LogP contribution is 2.35. The van der Waals surface area contributed by atoms with Crippen LogP contribution in [-0.4, -0.2) is 22.3 Å². The van der Waals surface area contributed by atoms with Crippen LogP contribution in [0.2, 0.25) is 0 Å². The first-order valence-corrected chi connectivity index (χ1v) is 7.79. The zero-order chi connectivity index (χ0) is 16.4. The lowest BCUT2D eigenvalue weighted by atomic mass is 10.1. The third-order valence-electron chi connectivity index (χ3n) is 3.84. The number of benzene rings is 1. The van der Waals surface area contributed by atoms with Gasteiger partial charge in [0.15, 0.2) is 5.82 Å². The fraction of sp³-hybridized carbons (Fsp3) is 0.412. The summed E-state index contributed by atoms with van der Waals surface area (Å²) in [6.45, 7) is 5.05. The highest BCUT2D eigenvalue weighted by atomic mass is 16.5. The van der Waals surface area contributed by atoms with E-state index in [1.807, 2.05) is 19.1 Å². The number of ether oxygens (including phenoxy) is 2. The molecule has 1 aliphatic heterocycles. The van der Waals surface area contributed by atoms with Crippen LogP contribution in [0.25, 0.3) is 0 Å². The van der Waals surface area contributed by atoms with Crippen LogP contribution in [0.3, 0.4) is 0 Å². The molecule has 1 aromatic carbocycles. The number of aromatic nitrogens is 2. The van der Waals surface area contributed by atoms with E-state index in [0.717, 1.165) is 23.5 Å². The van der Waals surface area contributed by atoms with Crippen LogP contribution in [0, 0.1) is 0 Å². The summed E-state index contributed by atoms with van der Waals surface area (Å²) in [5.74, 6) is 2.04. The Morgan fingerprint density at radius 2 is 2.30 bits per heavy atom. The Balaban J connectivity index is 1.86. The highest BCUT2D eigenvalue weighted by molar-refractivity contribution is 5.50. The fourth-order valence-electron chi connectivity index (χ4n) is 2.71. The van der Waals surface area contributed by atoms with Gasteiger partial charge in [0, 0.05) is 43.5 Å². The molecule has 0 bridgehead atoms. The summed E-state index contributed by atoms with van der Waals surface area (Å²) in [6, 6.07) is 4.03. The second-order valence-corrected chi connectivity index (χ2v) is 5.68. The van der Waals surface area contributed by atoms with Crippen molar-refractivity contribution in [1.82, 2.24) is 9.55 Å². The second kappa shape index (κ2) is 6.32. The first-order valence-electron chi connectivity index (χ1n) is 7.79. The SMILES string of the molecule is CCOc1cc2c(cc1CNc1nccn(C)c1=O)OC(C)C2. The van der Waals surface area contributed by atoms with Gasteiger partial charge in [-0.25, -0.2) is 4.98 Å². The Kier molecular flexibility index (Phi) is 4.23. The number of aryl methyl sites for hydroxylation is 1. The molecule has 0 saturated carbocycles. The second-order valence-electron chi connectivity index (χ2n) is 5.68. The number of fused-ring (bicyclic) bond motifs is 1. The summed E-state index contributed by atoms with van der Waals surface area (Å²) in [5, 5.41) is 3.09. The molecule has 1 unspecified atom stereocenters. The normalized spacial score (nSPS) is 15.9. The van der Waals surface area contributed by atoms with Crippen molar-refractivity contribution < 1.29 is 9.47 Å². The van der Waals surface area contributed by atoms with Crippen molar-refractivity contribution in [1.29, 1.82) is 0 Å². The fourth-order valence-corrected chi connectivity index (χ4v) is 2.71. The molecule has 0 fully saturated rings. The maximum Gasteiger partial charge on any atom is 0.293 e. The quantitative estimate of drug-likeness (QED) is 0.915. The average Bonchev–Trinajstić information content (AvgIpc) is 2.88. The highest BCUT2D eigenvalue weighted by Gasteiger charge is 2.21. The molecule has 6 heteroatoms. The summed E-state index contributed by atoms with van der Waals surface area (Å²) >= 11 is 0. The van der Waals surface area contributed by atoms with Crippen molar-refractivity contribution in [3.8, 4) is 11.5 Å². The number of rotatable bonds is 5. The number of nitrogens with zero attached hydrogens (tertiary/aromatic N) is 2. The molecule has 1 aliphatic rings. The van der Waals surface area contributed by atoms with Crippen molar-refractivity contribution in [3.63, 3.8) is 0 Å². The molecular formula is C17H21N3O3. The van der Waals surface area contributed by atoms with Gasteiger partial charge in [0.2, 0.25) is 0 Å². The van der Waals surface area contributed by atoms with Crippen LogP contribution in [0.5, 0.6) is 11.5 Å². The monoisotopic (exact) mass is 315 g/mol. The third kappa shape index (κ3) is 3.16. The smallest absolute Gasteiger partial charge is 0.293 e. The van der Waals surface area contributed by atoms with Gasteiger partial charge in [0.05, 0.1) is 6.61 Å². The maximum atomic E-state index is 12.0. The molecule has 3 rings (SSSR count). The minimum absolute atomic E-state index is 0.156. The van der Waals surface area contributed by atoms with Crippen LogP contribution in [0.15, 0.2) is 29.3 Å². The molecular weight excluding hydrogens is 294 g/mol. The zero-order valence-corrected chi connectivity index (χ0v) is 13.6. The molecule has 2 aromatic rings. The Bertz CT molecular complexity index is 770. The van der Waals surface area contributed by atoms with Crippen molar-refractivity contribution >= 4 is 5.82 Å². The van der Waals surface area contributed by atoms with E-state index in [1.165, 1.54) is 10.1 Å². The maximum absolute atomic E-state index is 12.0. The van der Waals surface area contributed by atoms with E-state index in [-0.39, 0.29) is 11.7 Å². The Hall–Kier alpha value is -2.50. The van der Waals surface area contributed by atoms with Gasteiger partial charge in [-0.2, -0.15) is 0 Å². The molecule has 23 heavy (non-hydrogen) atoms. The molecule has 6 nitrogen and oxygen atoms in total. The lowest BCUT2D eigenvalue weighted by molar-refractivity contribution is 0.254. The van der Waals surface area contributed by atoms with Gasteiger partial charge in [0.25, 0.3) is 5.56 Å². The zero-order valence-electron chi connectivity index (χ0n) is 13.6. The lowest BCUT2D eigenvalue weighted by Crippen LogP contribution is -2.21. The molecule has 1 N–H and O–H groups in total. The number of nitrogens with one attached hydrogen (secondary N) is 1. The lowest BCUT2D eigenvalue weighted by Gasteiger charge is -2.13. The van der Waals surface area contributed by atoms with Gasteiger partial charge in [0.1, 0.15) is 17.6 Å². The minimum Gasteiger partial charge on any atom is -0.494 e. The van der Waals surface area contributed by atoms with Crippen molar-refractivity contribution in [2.45, 2.75) is 32.9 Å². The standard InChI is InChI=1S/C17H21N3O3/c1-4-22-14-8-12-7-11(2)23-15(12)9-13(14)10-19-16-17(21)20(3)6-5-18-16/h5-6,8-9,11H,4,7,10H2,1-3H3,(H,18,19). The van der Waals surface area contributed by atoms with Gasteiger partial charge in [-0.15, -0.1) is 0 Å². The minimum atomic E-state index is -0.156. The molecule has 0 spiro atoms. The average molecular weight is 315 g/mol. The number of hydrogen-bond acceptors (Lipinski definition) is 5. The van der Waals surface area contributed by atoms with E-state index in [0.29, 0.717) is 19.0 Å². The topological polar surface area (TPSA) is 65.4 Å². The Morgan fingerprint density at radius 1 is 1.48 bits per heavy atom. The molecule has 0 amide bonds. The van der Waals surface area contributed by atoms with Gasteiger partial charge in [-0.1, -0.05) is 0 Å². The number of hydrogen-bond donors (Lipinski definition) is 1. The predicted molar refractivity (Wildman–Crippen MR) is 88.2 cm³/mol. The van der Waals surface area contributed by atoms with Crippen LogP contribution in [0.4, 0.5) is 5.82 Å². The third-order valence-corrected chi connectivity index (χ3v) is 3.84. The predicted octanol–water partition coefficient (Wildman–Crippen LogP) is 2.11. The summed E-state index contributed by atoms with van der Waals surface area (Å²) in [6.07, 6.45) is 4.31. The van der Waals surface area contributed by atoms with Gasteiger partial charge >= 0.3 is 0 Å². The van der Waals surface area contributed by atoms with E-state index < -0.39 is 0 Å². The van der Waals surface area contributed by atoms with E-state index in [2.05, 4.69) is 17.2 Å².